The molecule has 0 aliphatic carbocycles. The second-order valence-electron chi connectivity index (χ2n) is 3.02. The minimum absolute atomic E-state index is 0. The van der Waals surface area contributed by atoms with E-state index in [1.807, 2.05) is 0 Å². The molecule has 6 heteroatoms. The van der Waals surface area contributed by atoms with Crippen LogP contribution < -0.4 is 5.73 Å². The van der Waals surface area contributed by atoms with Crippen molar-refractivity contribution in [2.75, 3.05) is 32.8 Å². The molecule has 1 aliphatic heterocycles. The van der Waals surface area contributed by atoms with Crippen LogP contribution in [0.15, 0.2) is 0 Å². The lowest BCUT2D eigenvalue weighted by Gasteiger charge is -2.26. The third-order valence-corrected chi connectivity index (χ3v) is 2.00. The van der Waals surface area contributed by atoms with Crippen LogP contribution in [0, 0.1) is 0 Å². The average Bonchev–Trinajstić information content (AvgIpc) is 2.05. The molecule has 0 aromatic carbocycles. The number of nitrogens with zero attached hydrogens (tertiary/aromatic N) is 1. The third kappa shape index (κ3) is 7.38. The number of nitrogens with two attached hydrogens (primary N) is 1. The third-order valence-electron chi connectivity index (χ3n) is 2.00. The van der Waals surface area contributed by atoms with E-state index in [4.69, 9.17) is 10.5 Å². The van der Waals surface area contributed by atoms with Crippen molar-refractivity contribution in [1.29, 1.82) is 0 Å². The number of amides is 1. The Morgan fingerprint density at radius 2 is 1.86 bits per heavy atom. The van der Waals surface area contributed by atoms with Crippen LogP contribution in [0.25, 0.3) is 0 Å². The van der Waals surface area contributed by atoms with Crippen LogP contribution in [0.4, 0.5) is 0 Å². The topological polar surface area (TPSA) is 55.6 Å². The van der Waals surface area contributed by atoms with E-state index in [1.54, 1.807) is 0 Å². The van der Waals surface area contributed by atoms with E-state index in [0.717, 1.165) is 39.3 Å². The van der Waals surface area contributed by atoms with Gasteiger partial charge in [0.1, 0.15) is 0 Å². The van der Waals surface area contributed by atoms with Gasteiger partial charge in [0.2, 0.25) is 5.91 Å². The monoisotopic (exact) mass is 244 g/mol. The zero-order valence-corrected chi connectivity index (χ0v) is 9.74. The van der Waals surface area contributed by atoms with Crippen LogP contribution in [0.3, 0.4) is 0 Å². The molecular formula is C8H18Cl2N2O2. The number of morpholine rings is 1. The maximum Gasteiger partial charge on any atom is 0.217 e. The molecule has 0 spiro atoms. The largest absolute Gasteiger partial charge is 0.379 e. The fraction of sp³-hybridized carbons (Fsp3) is 0.875. The molecule has 4 nitrogen and oxygen atoms in total. The number of halogens is 2. The van der Waals surface area contributed by atoms with Crippen LogP contribution in [-0.4, -0.2) is 43.7 Å². The number of ether oxygens (including phenoxy) is 1. The van der Waals surface area contributed by atoms with E-state index in [9.17, 15) is 4.79 Å². The molecule has 0 unspecified atom stereocenters. The molecule has 0 aromatic heterocycles. The van der Waals surface area contributed by atoms with Gasteiger partial charge in [-0.05, 0) is 13.0 Å². The fourth-order valence-electron chi connectivity index (χ4n) is 1.30. The van der Waals surface area contributed by atoms with E-state index < -0.39 is 0 Å². The van der Waals surface area contributed by atoms with Crippen molar-refractivity contribution in [1.82, 2.24) is 4.90 Å². The van der Waals surface area contributed by atoms with Gasteiger partial charge in [-0.15, -0.1) is 24.8 Å². The second-order valence-corrected chi connectivity index (χ2v) is 3.02. The molecule has 0 radical (unpaired) electrons. The van der Waals surface area contributed by atoms with Crippen LogP contribution in [0.1, 0.15) is 12.8 Å². The average molecular weight is 245 g/mol. The highest BCUT2D eigenvalue weighted by Gasteiger charge is 2.09. The highest BCUT2D eigenvalue weighted by Crippen LogP contribution is 1.99. The first-order valence-electron chi connectivity index (χ1n) is 4.37. The second kappa shape index (κ2) is 9.52. The Kier molecular flexibility index (Phi) is 11.2. The van der Waals surface area contributed by atoms with Gasteiger partial charge in [-0.2, -0.15) is 0 Å². The number of rotatable bonds is 4. The Morgan fingerprint density at radius 1 is 1.29 bits per heavy atom. The Bertz CT molecular complexity index is 152. The van der Waals surface area contributed by atoms with E-state index in [1.165, 1.54) is 0 Å². The summed E-state index contributed by atoms with van der Waals surface area (Å²) >= 11 is 0. The number of hydrogen-bond donors (Lipinski definition) is 1. The summed E-state index contributed by atoms with van der Waals surface area (Å²) in [4.78, 5) is 12.7. The number of carbonyl (C=O) groups is 1. The molecule has 1 aliphatic rings. The highest BCUT2D eigenvalue weighted by molar-refractivity contribution is 5.85. The summed E-state index contributed by atoms with van der Waals surface area (Å²) in [7, 11) is 0. The molecule has 0 aromatic rings. The lowest BCUT2D eigenvalue weighted by Crippen LogP contribution is -2.37. The summed E-state index contributed by atoms with van der Waals surface area (Å²) in [6, 6.07) is 0. The van der Waals surface area contributed by atoms with Crippen LogP contribution in [-0.2, 0) is 9.53 Å². The predicted octanol–water partition coefficient (Wildman–Crippen LogP) is 0.428. The van der Waals surface area contributed by atoms with Gasteiger partial charge in [-0.3, -0.25) is 9.69 Å². The Morgan fingerprint density at radius 3 is 2.36 bits per heavy atom. The molecule has 2 N–H and O–H groups in total. The van der Waals surface area contributed by atoms with Crippen LogP contribution >= 0.6 is 24.8 Å². The van der Waals surface area contributed by atoms with E-state index in [-0.39, 0.29) is 30.7 Å². The minimum Gasteiger partial charge on any atom is -0.379 e. The first-order valence-corrected chi connectivity index (χ1v) is 4.37. The molecule has 0 atom stereocenters. The fourth-order valence-corrected chi connectivity index (χ4v) is 1.30. The lowest BCUT2D eigenvalue weighted by atomic mass is 10.2. The van der Waals surface area contributed by atoms with Crippen molar-refractivity contribution in [2.24, 2.45) is 5.73 Å². The molecule has 1 rings (SSSR count). The normalized spacial score (nSPS) is 16.6. The molecule has 0 bridgehead atoms. The van der Waals surface area contributed by atoms with Gasteiger partial charge in [0.25, 0.3) is 0 Å². The van der Waals surface area contributed by atoms with Gasteiger partial charge in [0.05, 0.1) is 13.2 Å². The SMILES string of the molecule is Cl.Cl.NC(=O)CCCN1CCOCC1. The first kappa shape index (κ1) is 16.4. The van der Waals surface area contributed by atoms with Gasteiger partial charge >= 0.3 is 0 Å². The quantitative estimate of drug-likeness (QED) is 0.781. The summed E-state index contributed by atoms with van der Waals surface area (Å²) in [5, 5.41) is 0. The smallest absolute Gasteiger partial charge is 0.217 e. The summed E-state index contributed by atoms with van der Waals surface area (Å²) in [6.07, 6.45) is 1.37. The van der Waals surface area contributed by atoms with Crippen molar-refractivity contribution in [3.8, 4) is 0 Å². The van der Waals surface area contributed by atoms with E-state index in [0.29, 0.717) is 6.42 Å². The van der Waals surface area contributed by atoms with Gasteiger partial charge in [-0.1, -0.05) is 0 Å². The first-order chi connectivity index (χ1) is 5.79. The molecule has 14 heavy (non-hydrogen) atoms. The molecule has 1 fully saturated rings. The zero-order chi connectivity index (χ0) is 8.81. The maximum absolute atomic E-state index is 10.4. The number of carbonyl (C=O) groups excluding carboxylic acids is 1. The van der Waals surface area contributed by atoms with Crippen LogP contribution in [0.2, 0.25) is 0 Å². The van der Waals surface area contributed by atoms with E-state index in [2.05, 4.69) is 4.90 Å². The summed E-state index contributed by atoms with van der Waals surface area (Å²) in [6.45, 7) is 4.57. The van der Waals surface area contributed by atoms with Gasteiger partial charge in [-0.25, -0.2) is 0 Å². The summed E-state index contributed by atoms with van der Waals surface area (Å²) in [5.41, 5.74) is 5.03. The Balaban J connectivity index is 0. The van der Waals surface area contributed by atoms with Gasteiger partial charge in [0.15, 0.2) is 0 Å². The van der Waals surface area contributed by atoms with Crippen molar-refractivity contribution < 1.29 is 9.53 Å². The molecule has 86 valence electrons. The highest BCUT2D eigenvalue weighted by atomic mass is 35.5. The molecule has 1 saturated heterocycles. The zero-order valence-electron chi connectivity index (χ0n) is 8.11. The predicted molar refractivity (Wildman–Crippen MR) is 60.2 cm³/mol. The van der Waals surface area contributed by atoms with Gasteiger partial charge in [0, 0.05) is 19.5 Å². The van der Waals surface area contributed by atoms with E-state index >= 15 is 0 Å². The van der Waals surface area contributed by atoms with Gasteiger partial charge < -0.3 is 10.5 Å². The van der Waals surface area contributed by atoms with Crippen molar-refractivity contribution in [3.05, 3.63) is 0 Å². The molecule has 0 saturated carbocycles. The maximum atomic E-state index is 10.4. The standard InChI is InChI=1S/C8H16N2O2.2ClH/c9-8(11)2-1-3-10-4-6-12-7-5-10;;/h1-7H2,(H2,9,11);2*1H. The number of primary amides is 1. The Labute approximate surface area is 97.0 Å². The summed E-state index contributed by atoms with van der Waals surface area (Å²) < 4.78 is 5.19. The molecular weight excluding hydrogens is 227 g/mol. The number of hydrogen-bond acceptors (Lipinski definition) is 3. The lowest BCUT2D eigenvalue weighted by molar-refractivity contribution is -0.118. The molecule has 1 amide bonds. The minimum atomic E-state index is -0.205. The summed E-state index contributed by atoms with van der Waals surface area (Å²) in [5.74, 6) is -0.205. The van der Waals surface area contributed by atoms with Crippen molar-refractivity contribution in [3.63, 3.8) is 0 Å². The Hall–Kier alpha value is -0.0300. The van der Waals surface area contributed by atoms with Crippen LogP contribution in [0.5, 0.6) is 0 Å². The van der Waals surface area contributed by atoms with Crippen molar-refractivity contribution >= 4 is 30.7 Å². The van der Waals surface area contributed by atoms with Crippen molar-refractivity contribution in [2.45, 2.75) is 12.8 Å². The molecule has 1 heterocycles.